The standard InChI is InChI=1S/C15H20N3O3PS/c1-10(2)23(20,21)13-9-11(22(3,4)19)5-6-12(13)15-17-8-7-14(16)18-15/h5-10H,1-4H3,(H2,16,17,18). The summed E-state index contributed by atoms with van der Waals surface area (Å²) in [5.41, 5.74) is 6.03. The molecule has 0 atom stereocenters. The second kappa shape index (κ2) is 6.06. The maximum atomic E-state index is 12.7. The van der Waals surface area contributed by atoms with Gasteiger partial charge in [-0.25, -0.2) is 18.4 Å². The van der Waals surface area contributed by atoms with Gasteiger partial charge in [-0.3, -0.25) is 0 Å². The van der Waals surface area contributed by atoms with Crippen molar-refractivity contribution < 1.29 is 13.0 Å². The summed E-state index contributed by atoms with van der Waals surface area (Å²) in [5, 5.41) is -0.116. The fourth-order valence-corrected chi connectivity index (χ4v) is 4.25. The largest absolute Gasteiger partial charge is 0.384 e. The Morgan fingerprint density at radius 1 is 1.17 bits per heavy atom. The number of sulfone groups is 1. The molecule has 0 amide bonds. The van der Waals surface area contributed by atoms with E-state index in [-0.39, 0.29) is 16.5 Å². The van der Waals surface area contributed by atoms with Crippen molar-refractivity contribution in [2.45, 2.75) is 24.0 Å². The zero-order valence-corrected chi connectivity index (χ0v) is 15.2. The third-order valence-corrected chi connectivity index (χ3v) is 7.15. The van der Waals surface area contributed by atoms with E-state index in [1.807, 2.05) is 0 Å². The van der Waals surface area contributed by atoms with Gasteiger partial charge in [-0.2, -0.15) is 0 Å². The summed E-state index contributed by atoms with van der Waals surface area (Å²) in [6.45, 7) is 6.41. The van der Waals surface area contributed by atoms with E-state index in [0.29, 0.717) is 10.9 Å². The van der Waals surface area contributed by atoms with Gasteiger partial charge in [-0.1, -0.05) is 6.07 Å². The smallest absolute Gasteiger partial charge is 0.181 e. The van der Waals surface area contributed by atoms with Gasteiger partial charge in [-0.15, -0.1) is 0 Å². The summed E-state index contributed by atoms with van der Waals surface area (Å²) in [6, 6.07) is 6.25. The molecule has 1 aromatic carbocycles. The fourth-order valence-electron chi connectivity index (χ4n) is 2.02. The van der Waals surface area contributed by atoms with Crippen molar-refractivity contribution in [2.75, 3.05) is 19.1 Å². The van der Waals surface area contributed by atoms with Crippen LogP contribution in [0, 0.1) is 0 Å². The van der Waals surface area contributed by atoms with Crippen LogP contribution in [0.1, 0.15) is 13.8 Å². The molecule has 2 aromatic rings. The number of nitrogens with zero attached hydrogens (tertiary/aromatic N) is 2. The second-order valence-electron chi connectivity index (χ2n) is 5.93. The van der Waals surface area contributed by atoms with Crippen molar-refractivity contribution in [3.05, 3.63) is 30.5 Å². The molecule has 1 aromatic heterocycles. The van der Waals surface area contributed by atoms with E-state index >= 15 is 0 Å². The highest BCUT2D eigenvalue weighted by molar-refractivity contribution is 7.92. The SMILES string of the molecule is CC(C)S(=O)(=O)c1cc(P(C)(C)=O)ccc1-c1nccc(N)n1. The van der Waals surface area contributed by atoms with Crippen LogP contribution < -0.4 is 11.0 Å². The van der Waals surface area contributed by atoms with Crippen LogP contribution in [0.5, 0.6) is 0 Å². The summed E-state index contributed by atoms with van der Waals surface area (Å²) in [5.74, 6) is 0.487. The van der Waals surface area contributed by atoms with Crippen LogP contribution in [0.3, 0.4) is 0 Å². The summed E-state index contributed by atoms with van der Waals surface area (Å²) in [4.78, 5) is 8.30. The number of aromatic nitrogens is 2. The van der Waals surface area contributed by atoms with Gasteiger partial charge in [0.1, 0.15) is 13.0 Å². The average Bonchev–Trinajstić information content (AvgIpc) is 2.45. The first-order valence-electron chi connectivity index (χ1n) is 7.06. The van der Waals surface area contributed by atoms with E-state index in [0.717, 1.165) is 0 Å². The van der Waals surface area contributed by atoms with E-state index in [4.69, 9.17) is 5.73 Å². The molecule has 0 aliphatic rings. The van der Waals surface area contributed by atoms with Crippen molar-refractivity contribution in [3.63, 3.8) is 0 Å². The third-order valence-electron chi connectivity index (χ3n) is 3.43. The molecular formula is C15H20N3O3PS. The number of anilines is 1. The van der Waals surface area contributed by atoms with Crippen LogP contribution in [0.25, 0.3) is 11.4 Å². The Labute approximate surface area is 136 Å². The van der Waals surface area contributed by atoms with Gasteiger partial charge in [0.25, 0.3) is 0 Å². The van der Waals surface area contributed by atoms with Gasteiger partial charge in [0.2, 0.25) is 0 Å². The summed E-state index contributed by atoms with van der Waals surface area (Å²) in [7, 11) is -6.19. The van der Waals surface area contributed by atoms with Crippen molar-refractivity contribution in [1.29, 1.82) is 0 Å². The highest BCUT2D eigenvalue weighted by Gasteiger charge is 2.26. The molecule has 2 N–H and O–H groups in total. The molecule has 0 bridgehead atoms. The highest BCUT2D eigenvalue weighted by atomic mass is 32.2. The van der Waals surface area contributed by atoms with Crippen molar-refractivity contribution in [3.8, 4) is 11.4 Å². The van der Waals surface area contributed by atoms with E-state index in [2.05, 4.69) is 9.97 Å². The molecule has 124 valence electrons. The molecule has 1 heterocycles. The molecule has 0 saturated carbocycles. The first-order valence-corrected chi connectivity index (χ1v) is 11.2. The summed E-state index contributed by atoms with van der Waals surface area (Å²) >= 11 is 0. The number of nitrogens with two attached hydrogens (primary N) is 1. The monoisotopic (exact) mass is 353 g/mol. The van der Waals surface area contributed by atoms with Crippen LogP contribution in [0.2, 0.25) is 0 Å². The van der Waals surface area contributed by atoms with Crippen LogP contribution in [0.4, 0.5) is 5.82 Å². The topological polar surface area (TPSA) is 103 Å². The number of benzene rings is 1. The van der Waals surface area contributed by atoms with Crippen LogP contribution >= 0.6 is 7.14 Å². The highest BCUT2D eigenvalue weighted by Crippen LogP contribution is 2.37. The number of nitrogen functional groups attached to an aromatic ring is 1. The van der Waals surface area contributed by atoms with Gasteiger partial charge in [-0.05, 0) is 45.4 Å². The minimum absolute atomic E-state index is 0.0829. The molecule has 0 spiro atoms. The number of rotatable bonds is 4. The lowest BCUT2D eigenvalue weighted by molar-refractivity contribution is 0.587. The van der Waals surface area contributed by atoms with Crippen LogP contribution in [0.15, 0.2) is 35.4 Å². The molecule has 0 aliphatic carbocycles. The Bertz CT molecular complexity index is 889. The Kier molecular flexibility index (Phi) is 4.64. The van der Waals surface area contributed by atoms with Gasteiger partial charge in [0, 0.05) is 17.1 Å². The summed E-state index contributed by atoms with van der Waals surface area (Å²) in [6.07, 6.45) is 1.47. The zero-order chi connectivity index (χ0) is 17.4. The summed E-state index contributed by atoms with van der Waals surface area (Å²) < 4.78 is 37.7. The van der Waals surface area contributed by atoms with Gasteiger partial charge < -0.3 is 10.3 Å². The van der Waals surface area contributed by atoms with Crippen molar-refractivity contribution >= 4 is 28.1 Å². The molecule has 23 heavy (non-hydrogen) atoms. The van der Waals surface area contributed by atoms with Gasteiger partial charge in [0.05, 0.1) is 10.1 Å². The van der Waals surface area contributed by atoms with Crippen LogP contribution in [-0.4, -0.2) is 37.0 Å². The van der Waals surface area contributed by atoms with E-state index < -0.39 is 22.2 Å². The molecule has 0 aliphatic heterocycles. The Morgan fingerprint density at radius 2 is 1.83 bits per heavy atom. The van der Waals surface area contributed by atoms with E-state index in [9.17, 15) is 13.0 Å². The van der Waals surface area contributed by atoms with E-state index in [1.165, 1.54) is 18.3 Å². The first kappa shape index (κ1) is 17.6. The van der Waals surface area contributed by atoms with Gasteiger partial charge in [0.15, 0.2) is 15.7 Å². The third kappa shape index (κ3) is 3.62. The lowest BCUT2D eigenvalue weighted by atomic mass is 10.2. The van der Waals surface area contributed by atoms with E-state index in [1.54, 1.807) is 39.3 Å². The van der Waals surface area contributed by atoms with Crippen molar-refractivity contribution in [1.82, 2.24) is 9.97 Å². The molecular weight excluding hydrogens is 333 g/mol. The molecule has 0 saturated heterocycles. The minimum atomic E-state index is -3.59. The quantitative estimate of drug-likeness (QED) is 0.845. The predicted molar refractivity (Wildman–Crippen MR) is 93.3 cm³/mol. The lowest BCUT2D eigenvalue weighted by Gasteiger charge is -2.15. The molecule has 2 rings (SSSR count). The number of hydrogen-bond acceptors (Lipinski definition) is 6. The predicted octanol–water partition coefficient (Wildman–Crippen LogP) is 2.16. The first-order chi connectivity index (χ1) is 10.5. The molecule has 6 nitrogen and oxygen atoms in total. The average molecular weight is 353 g/mol. The molecule has 0 unspecified atom stereocenters. The van der Waals surface area contributed by atoms with Gasteiger partial charge >= 0.3 is 0 Å². The second-order valence-corrected chi connectivity index (χ2v) is 11.6. The zero-order valence-electron chi connectivity index (χ0n) is 13.5. The number of hydrogen-bond donors (Lipinski definition) is 1. The molecule has 0 fully saturated rings. The van der Waals surface area contributed by atoms with Crippen LogP contribution in [-0.2, 0) is 14.4 Å². The Balaban J connectivity index is 2.80. The van der Waals surface area contributed by atoms with Crippen molar-refractivity contribution in [2.24, 2.45) is 0 Å². The molecule has 8 heteroatoms. The Hall–Kier alpha value is -1.72. The Morgan fingerprint density at radius 3 is 2.35 bits per heavy atom. The normalized spacial score (nSPS) is 12.6. The molecule has 0 radical (unpaired) electrons. The minimum Gasteiger partial charge on any atom is -0.384 e. The maximum absolute atomic E-state index is 12.7. The lowest BCUT2D eigenvalue weighted by Crippen LogP contribution is -2.18. The fraction of sp³-hybridized carbons (Fsp3) is 0.333. The maximum Gasteiger partial charge on any atom is 0.181 e.